The van der Waals surface area contributed by atoms with Crippen LogP contribution in [0.4, 0.5) is 0 Å². The number of likely N-dealkylation sites (N-methyl/N-ethyl adjacent to an activating group) is 1. The number of rotatable bonds is 10. The number of benzene rings is 1. The topological polar surface area (TPSA) is 115 Å². The number of allylic oxidation sites excluding steroid dienone is 4. The molecule has 2 saturated heterocycles. The van der Waals surface area contributed by atoms with E-state index in [4.69, 9.17) is 18.9 Å². The van der Waals surface area contributed by atoms with Crippen molar-refractivity contribution in [2.24, 2.45) is 17.8 Å². The second-order valence-corrected chi connectivity index (χ2v) is 17.5. The summed E-state index contributed by atoms with van der Waals surface area (Å²) >= 11 is 0. The first-order valence-electron chi connectivity index (χ1n) is 19.8. The van der Waals surface area contributed by atoms with Gasteiger partial charge in [0.1, 0.15) is 28.4 Å². The van der Waals surface area contributed by atoms with Crippen molar-refractivity contribution in [1.82, 2.24) is 9.80 Å². The fourth-order valence-electron chi connectivity index (χ4n) is 10.5. The summed E-state index contributed by atoms with van der Waals surface area (Å²) in [6.07, 6.45) is 13.6. The monoisotopic (exact) mass is 742 g/mol. The molecule has 0 aromatic heterocycles. The van der Waals surface area contributed by atoms with Gasteiger partial charge in [0, 0.05) is 62.1 Å². The molecule has 4 aliphatic heterocycles. The molecule has 5 fully saturated rings. The number of fused-ring (bicyclic) bond motifs is 2. The Kier molecular flexibility index (Phi) is 9.84. The van der Waals surface area contributed by atoms with Gasteiger partial charge < -0.3 is 29.0 Å². The van der Waals surface area contributed by atoms with Gasteiger partial charge in [0.15, 0.2) is 22.8 Å². The number of phenols is 1. The zero-order valence-corrected chi connectivity index (χ0v) is 33.5. The lowest BCUT2D eigenvalue weighted by Crippen LogP contribution is -2.82. The summed E-state index contributed by atoms with van der Waals surface area (Å²) in [6.45, 7) is 19.2. The average Bonchev–Trinajstić information content (AvgIpc) is 3.24. The van der Waals surface area contributed by atoms with Crippen LogP contribution in [-0.2, 0) is 25.5 Å². The van der Waals surface area contributed by atoms with Crippen LogP contribution in [0.25, 0.3) is 6.08 Å². The summed E-state index contributed by atoms with van der Waals surface area (Å²) in [5.41, 5.74) is -0.899. The molecule has 1 N–H and O–H groups in total. The molecule has 8 rings (SSSR count). The maximum atomic E-state index is 15.7. The maximum Gasteiger partial charge on any atom is 0.330 e. The summed E-state index contributed by atoms with van der Waals surface area (Å²) in [4.78, 5) is 48.1. The smallest absolute Gasteiger partial charge is 0.330 e. The number of phenolic OH excluding ortho intramolecular Hbond substituents is 1. The molecule has 1 aromatic rings. The fourth-order valence-corrected chi connectivity index (χ4v) is 10.5. The van der Waals surface area contributed by atoms with Crippen LogP contribution in [0, 0.1) is 17.8 Å². The van der Waals surface area contributed by atoms with Crippen molar-refractivity contribution in [2.75, 3.05) is 39.8 Å². The minimum atomic E-state index is -1.56. The Hall–Kier alpha value is -3.73. The number of ether oxygens (including phenoxy) is 4. The van der Waals surface area contributed by atoms with Crippen molar-refractivity contribution < 1.29 is 38.4 Å². The molecule has 10 heteroatoms. The lowest BCUT2D eigenvalue weighted by molar-refractivity contribution is -0.214. The van der Waals surface area contributed by atoms with Gasteiger partial charge in [0.25, 0.3) is 0 Å². The Balaban J connectivity index is 1.46. The van der Waals surface area contributed by atoms with Crippen LogP contribution < -0.4 is 9.47 Å². The first kappa shape index (κ1) is 38.5. The van der Waals surface area contributed by atoms with Crippen molar-refractivity contribution in [2.45, 2.75) is 116 Å². The summed E-state index contributed by atoms with van der Waals surface area (Å²) in [5.74, 6) is -1.87. The lowest BCUT2D eigenvalue weighted by Gasteiger charge is -2.65. The number of Topliss-reactive ketones (excluding diaryl/α,β-unsaturated/α-hetero) is 2. The quantitative estimate of drug-likeness (QED) is 0.159. The van der Waals surface area contributed by atoms with E-state index in [0.717, 1.165) is 25.1 Å². The number of piperazine rings is 1. The zero-order valence-electron chi connectivity index (χ0n) is 33.5. The molecule has 4 heterocycles. The van der Waals surface area contributed by atoms with E-state index >= 15 is 9.59 Å². The molecule has 1 spiro atoms. The van der Waals surface area contributed by atoms with Crippen LogP contribution in [0.2, 0.25) is 0 Å². The van der Waals surface area contributed by atoms with Crippen LogP contribution in [0.5, 0.6) is 17.2 Å². The Morgan fingerprint density at radius 2 is 1.72 bits per heavy atom. The van der Waals surface area contributed by atoms with Crippen molar-refractivity contribution >= 4 is 23.6 Å². The van der Waals surface area contributed by atoms with Gasteiger partial charge in [0.05, 0.1) is 23.7 Å². The van der Waals surface area contributed by atoms with Gasteiger partial charge in [-0.2, -0.15) is 0 Å². The predicted octanol–water partition coefficient (Wildman–Crippen LogP) is 6.63. The van der Waals surface area contributed by atoms with Crippen LogP contribution in [0.3, 0.4) is 0 Å². The predicted molar refractivity (Wildman–Crippen MR) is 207 cm³/mol. The summed E-state index contributed by atoms with van der Waals surface area (Å²) in [6, 6.07) is -0.440. The zero-order chi connectivity index (χ0) is 39.0. The van der Waals surface area contributed by atoms with Gasteiger partial charge in [-0.15, -0.1) is 0 Å². The largest absolute Gasteiger partial charge is 0.506 e. The molecule has 1 aromatic carbocycles. The average molecular weight is 743 g/mol. The number of nitrogens with zero attached hydrogens (tertiary/aromatic N) is 2. The van der Waals surface area contributed by atoms with E-state index in [1.807, 2.05) is 46.8 Å². The number of hydrogen-bond acceptors (Lipinski definition) is 10. The minimum Gasteiger partial charge on any atom is -0.506 e. The molecule has 3 unspecified atom stereocenters. The molecule has 10 nitrogen and oxygen atoms in total. The Morgan fingerprint density at radius 3 is 2.39 bits per heavy atom. The Morgan fingerprint density at radius 1 is 1.02 bits per heavy atom. The van der Waals surface area contributed by atoms with Gasteiger partial charge >= 0.3 is 5.97 Å². The van der Waals surface area contributed by atoms with E-state index in [1.165, 1.54) is 11.6 Å². The second-order valence-electron chi connectivity index (χ2n) is 17.5. The molecule has 3 aliphatic carbocycles. The highest BCUT2D eigenvalue weighted by Gasteiger charge is 2.85. The number of aromatic hydroxyl groups is 1. The molecular weight excluding hydrogens is 684 g/mol. The second kappa shape index (κ2) is 13.8. The molecule has 3 saturated carbocycles. The number of carbonyl (C=O) groups is 3. The first-order valence-corrected chi connectivity index (χ1v) is 19.8. The highest BCUT2D eigenvalue weighted by Crippen LogP contribution is 2.71. The third-order valence-electron chi connectivity index (χ3n) is 12.9. The third-order valence-corrected chi connectivity index (χ3v) is 12.9. The summed E-state index contributed by atoms with van der Waals surface area (Å²) in [7, 11) is 2.08. The minimum absolute atomic E-state index is 0.0392. The molecular formula is C44H58N2O8. The highest BCUT2D eigenvalue weighted by molar-refractivity contribution is 6.10. The molecule has 4 bridgehead atoms. The number of esters is 1. The molecule has 7 aliphatic rings. The number of ketones is 2. The van der Waals surface area contributed by atoms with Crippen LogP contribution >= 0.6 is 0 Å². The van der Waals surface area contributed by atoms with Crippen molar-refractivity contribution in [3.8, 4) is 17.2 Å². The molecule has 54 heavy (non-hydrogen) atoms. The van der Waals surface area contributed by atoms with E-state index < -0.39 is 46.3 Å². The first-order chi connectivity index (χ1) is 25.5. The van der Waals surface area contributed by atoms with Gasteiger partial charge in [-0.25, -0.2) is 4.79 Å². The van der Waals surface area contributed by atoms with E-state index in [0.29, 0.717) is 49.2 Å². The third kappa shape index (κ3) is 5.89. The normalized spacial score (nSPS) is 33.4. The van der Waals surface area contributed by atoms with Gasteiger partial charge in [-0.3, -0.25) is 14.5 Å². The van der Waals surface area contributed by atoms with Gasteiger partial charge in [-0.1, -0.05) is 29.4 Å². The van der Waals surface area contributed by atoms with Crippen LogP contribution in [-0.4, -0.2) is 101 Å². The summed E-state index contributed by atoms with van der Waals surface area (Å²) in [5, 5.41) is 12.2. The SMILES string of the molecule is CCOC(=O)/C=C/C[C@]12OC(C)(C)C3C[C@H](C1=O)C(N1CCN(C)CC1)C1C(=O)c4c(O)c5c(c(CC=C(C)C)c4O[C@]132)O[C@](C)(CCC=C(C)C)C=C5. The number of carbonyl (C=O) groups excluding carboxylic acids is 3. The van der Waals surface area contributed by atoms with Crippen molar-refractivity contribution in [3.05, 3.63) is 58.2 Å². The molecule has 0 amide bonds. The van der Waals surface area contributed by atoms with E-state index in [9.17, 15) is 9.90 Å². The van der Waals surface area contributed by atoms with Gasteiger partial charge in [0.2, 0.25) is 0 Å². The van der Waals surface area contributed by atoms with E-state index in [1.54, 1.807) is 13.0 Å². The Bertz CT molecular complexity index is 1860. The fraction of sp³-hybridized carbons (Fsp3) is 0.614. The highest BCUT2D eigenvalue weighted by atomic mass is 16.6. The van der Waals surface area contributed by atoms with Crippen molar-refractivity contribution in [1.29, 1.82) is 0 Å². The standard InChI is InChI=1S/C44H58N2O8/c1-10-51-32(47)14-12-19-43-40(50)30-25-31(41(6,7)54-43)44(43)34(35(30)46-23-21-45(9)22-24-46)37(49)33-36(48)28-17-20-42(8,18-11-13-26(2)3)52-38(28)29(39(33)53-44)16-15-27(4)5/h12-15,17,20,30-31,34-35,48H,10-11,16,18-19,21-25H2,1-9H3/b14-12+/t30-,31?,34?,35?,42+,43-,44-/m0/s1. The summed E-state index contributed by atoms with van der Waals surface area (Å²) < 4.78 is 26.7. The maximum absolute atomic E-state index is 15.7. The van der Waals surface area contributed by atoms with E-state index in [-0.39, 0.29) is 47.6 Å². The molecule has 0 radical (unpaired) electrons. The molecule has 292 valence electrons. The Labute approximate surface area is 320 Å². The number of hydrogen-bond donors (Lipinski definition) is 1. The lowest BCUT2D eigenvalue weighted by atomic mass is 9.44. The van der Waals surface area contributed by atoms with Crippen LogP contribution in [0.1, 0.15) is 103 Å². The van der Waals surface area contributed by atoms with E-state index in [2.05, 4.69) is 42.8 Å². The molecule has 7 atom stereocenters. The van der Waals surface area contributed by atoms with Gasteiger partial charge in [-0.05, 0) is 100 Å². The van der Waals surface area contributed by atoms with Crippen LogP contribution in [0.15, 0.2) is 41.5 Å². The van der Waals surface area contributed by atoms with Crippen molar-refractivity contribution in [3.63, 3.8) is 0 Å².